The van der Waals surface area contributed by atoms with E-state index in [1.54, 1.807) is 12.1 Å². The maximum absolute atomic E-state index is 12.2. The molecule has 0 aromatic heterocycles. The summed E-state index contributed by atoms with van der Waals surface area (Å²) < 4.78 is 22.3. The van der Waals surface area contributed by atoms with Crippen molar-refractivity contribution in [1.82, 2.24) is 0 Å². The number of sulfonamides is 1. The van der Waals surface area contributed by atoms with Gasteiger partial charge in [-0.25, -0.2) is 13.6 Å². The molecule has 0 unspecified atom stereocenters. The van der Waals surface area contributed by atoms with Crippen molar-refractivity contribution in [3.63, 3.8) is 0 Å². The number of anilines is 1. The molecular formula is C14H18N2O3S. The zero-order chi connectivity index (χ0) is 14.3. The zero-order valence-corrected chi connectivity index (χ0v) is 11.9. The third-order valence-electron chi connectivity index (χ3n) is 4.53. The summed E-state index contributed by atoms with van der Waals surface area (Å²) in [5, 5.41) is 7.91. The van der Waals surface area contributed by atoms with E-state index in [0.29, 0.717) is 11.6 Å². The number of amides is 1. The predicted molar refractivity (Wildman–Crippen MR) is 75.4 cm³/mol. The van der Waals surface area contributed by atoms with Crippen LogP contribution in [0.1, 0.15) is 25.7 Å². The summed E-state index contributed by atoms with van der Waals surface area (Å²) in [6.07, 6.45) is 4.60. The summed E-state index contributed by atoms with van der Waals surface area (Å²) in [7, 11) is -3.68. The first kappa shape index (κ1) is 13.6. The Balaban J connectivity index is 1.67. The molecule has 2 bridgehead atoms. The van der Waals surface area contributed by atoms with Gasteiger partial charge in [-0.05, 0) is 55.4 Å². The first-order chi connectivity index (χ1) is 9.43. The number of fused-ring (bicyclic) bond motifs is 2. The molecule has 0 aliphatic heterocycles. The normalized spacial score (nSPS) is 28.6. The quantitative estimate of drug-likeness (QED) is 0.889. The lowest BCUT2D eigenvalue weighted by molar-refractivity contribution is -0.121. The Hall–Kier alpha value is -1.40. The van der Waals surface area contributed by atoms with Crippen LogP contribution in [0.4, 0.5) is 5.69 Å². The molecule has 0 saturated heterocycles. The lowest BCUT2D eigenvalue weighted by atomic mass is 9.88. The molecule has 0 heterocycles. The van der Waals surface area contributed by atoms with Crippen LogP contribution in [0.5, 0.6) is 0 Å². The summed E-state index contributed by atoms with van der Waals surface area (Å²) in [6, 6.07) is 5.97. The minimum atomic E-state index is -3.68. The van der Waals surface area contributed by atoms with E-state index in [9.17, 15) is 13.2 Å². The highest BCUT2D eigenvalue weighted by molar-refractivity contribution is 7.89. The van der Waals surface area contributed by atoms with Crippen LogP contribution in [-0.2, 0) is 14.8 Å². The molecule has 1 aromatic carbocycles. The predicted octanol–water partition coefficient (Wildman–Crippen LogP) is 1.71. The summed E-state index contributed by atoms with van der Waals surface area (Å²) in [4.78, 5) is 12.3. The van der Waals surface area contributed by atoms with Gasteiger partial charge in [0.25, 0.3) is 0 Å². The van der Waals surface area contributed by atoms with Crippen LogP contribution in [-0.4, -0.2) is 14.3 Å². The molecule has 20 heavy (non-hydrogen) atoms. The maximum Gasteiger partial charge on any atom is 0.238 e. The molecule has 0 radical (unpaired) electrons. The topological polar surface area (TPSA) is 89.3 Å². The van der Waals surface area contributed by atoms with Gasteiger partial charge in [0, 0.05) is 11.6 Å². The largest absolute Gasteiger partial charge is 0.326 e. The number of benzene rings is 1. The molecule has 108 valence electrons. The number of hydrogen-bond acceptors (Lipinski definition) is 3. The number of nitrogens with one attached hydrogen (secondary N) is 1. The zero-order valence-electron chi connectivity index (χ0n) is 11.1. The van der Waals surface area contributed by atoms with Crippen LogP contribution < -0.4 is 10.5 Å². The molecular weight excluding hydrogens is 276 g/mol. The van der Waals surface area contributed by atoms with E-state index in [2.05, 4.69) is 5.32 Å². The van der Waals surface area contributed by atoms with E-state index in [1.807, 2.05) is 0 Å². The van der Waals surface area contributed by atoms with Gasteiger partial charge in [0.05, 0.1) is 4.90 Å². The number of primary sulfonamides is 1. The van der Waals surface area contributed by atoms with Crippen molar-refractivity contribution in [2.75, 3.05) is 5.32 Å². The molecule has 2 saturated carbocycles. The van der Waals surface area contributed by atoms with Gasteiger partial charge in [-0.2, -0.15) is 0 Å². The Morgan fingerprint density at radius 1 is 1.15 bits per heavy atom. The van der Waals surface area contributed by atoms with Crippen molar-refractivity contribution in [2.45, 2.75) is 30.6 Å². The second-order valence-corrected chi connectivity index (χ2v) is 7.40. The van der Waals surface area contributed by atoms with E-state index >= 15 is 0 Å². The molecule has 2 aliphatic rings. The Morgan fingerprint density at radius 3 is 2.35 bits per heavy atom. The van der Waals surface area contributed by atoms with Gasteiger partial charge in [0.2, 0.25) is 15.9 Å². The minimum Gasteiger partial charge on any atom is -0.326 e. The third kappa shape index (κ3) is 2.58. The van der Waals surface area contributed by atoms with Crippen molar-refractivity contribution < 1.29 is 13.2 Å². The van der Waals surface area contributed by atoms with Crippen LogP contribution in [0.25, 0.3) is 0 Å². The average Bonchev–Trinajstić information content (AvgIpc) is 3.00. The molecule has 3 atom stereocenters. The number of nitrogens with two attached hydrogens (primary N) is 1. The van der Waals surface area contributed by atoms with Gasteiger partial charge in [-0.15, -0.1) is 0 Å². The number of carbonyl (C=O) groups is 1. The fourth-order valence-electron chi connectivity index (χ4n) is 3.53. The van der Waals surface area contributed by atoms with Gasteiger partial charge in [-0.3, -0.25) is 4.79 Å². The van der Waals surface area contributed by atoms with E-state index in [4.69, 9.17) is 5.14 Å². The van der Waals surface area contributed by atoms with E-state index in [1.165, 1.54) is 25.0 Å². The molecule has 2 fully saturated rings. The van der Waals surface area contributed by atoms with Crippen LogP contribution >= 0.6 is 0 Å². The summed E-state index contributed by atoms with van der Waals surface area (Å²) in [6.45, 7) is 0. The van der Waals surface area contributed by atoms with Crippen molar-refractivity contribution in [1.29, 1.82) is 0 Å². The molecule has 1 amide bonds. The molecule has 5 nitrogen and oxygen atoms in total. The monoisotopic (exact) mass is 294 g/mol. The molecule has 2 aliphatic carbocycles. The van der Waals surface area contributed by atoms with E-state index < -0.39 is 10.0 Å². The highest BCUT2D eigenvalue weighted by Gasteiger charge is 2.42. The molecule has 3 rings (SSSR count). The minimum absolute atomic E-state index is 0.0513. The van der Waals surface area contributed by atoms with E-state index in [-0.39, 0.29) is 16.7 Å². The van der Waals surface area contributed by atoms with Crippen molar-refractivity contribution in [2.24, 2.45) is 22.9 Å². The van der Waals surface area contributed by atoms with Crippen molar-refractivity contribution >= 4 is 21.6 Å². The highest BCUT2D eigenvalue weighted by Crippen LogP contribution is 2.48. The van der Waals surface area contributed by atoms with Gasteiger partial charge in [0.1, 0.15) is 0 Å². The number of rotatable bonds is 3. The molecule has 0 spiro atoms. The van der Waals surface area contributed by atoms with Crippen molar-refractivity contribution in [3.05, 3.63) is 24.3 Å². The Morgan fingerprint density at radius 2 is 1.85 bits per heavy atom. The first-order valence-electron chi connectivity index (χ1n) is 6.87. The Labute approximate surface area is 118 Å². The van der Waals surface area contributed by atoms with Crippen molar-refractivity contribution in [3.8, 4) is 0 Å². The van der Waals surface area contributed by atoms with Gasteiger partial charge >= 0.3 is 0 Å². The van der Waals surface area contributed by atoms with E-state index in [0.717, 1.165) is 18.8 Å². The standard InChI is InChI=1S/C14H18N2O3S/c15-20(18,19)12-5-3-11(4-6-12)16-14(17)13-8-9-1-2-10(13)7-9/h3-6,9-10,13H,1-2,7-8H2,(H,16,17)(H2,15,18,19)/t9-,10+,13+/m0/s1. The van der Waals surface area contributed by atoms with Gasteiger partial charge < -0.3 is 5.32 Å². The van der Waals surface area contributed by atoms with Crippen LogP contribution in [0, 0.1) is 17.8 Å². The second kappa shape index (κ2) is 4.86. The SMILES string of the molecule is NS(=O)(=O)c1ccc(NC(=O)[C@@H]2C[C@H]3CC[C@@H]2C3)cc1. The first-order valence-corrected chi connectivity index (χ1v) is 8.42. The number of carbonyl (C=O) groups excluding carboxylic acids is 1. The van der Waals surface area contributed by atoms with Crippen LogP contribution in [0.2, 0.25) is 0 Å². The van der Waals surface area contributed by atoms with Crippen LogP contribution in [0.15, 0.2) is 29.2 Å². The fraction of sp³-hybridized carbons (Fsp3) is 0.500. The average molecular weight is 294 g/mol. The molecule has 1 aromatic rings. The summed E-state index contributed by atoms with van der Waals surface area (Å²) in [5.74, 6) is 1.43. The van der Waals surface area contributed by atoms with Gasteiger partial charge in [0.15, 0.2) is 0 Å². The summed E-state index contributed by atoms with van der Waals surface area (Å²) >= 11 is 0. The fourth-order valence-corrected chi connectivity index (χ4v) is 4.04. The number of hydrogen-bond donors (Lipinski definition) is 2. The van der Waals surface area contributed by atoms with Crippen LogP contribution in [0.3, 0.4) is 0 Å². The summed E-state index contributed by atoms with van der Waals surface area (Å²) in [5.41, 5.74) is 0.616. The second-order valence-electron chi connectivity index (χ2n) is 5.84. The lowest BCUT2D eigenvalue weighted by Crippen LogP contribution is -2.27. The molecule has 6 heteroatoms. The van der Waals surface area contributed by atoms with Gasteiger partial charge in [-0.1, -0.05) is 6.42 Å². The third-order valence-corrected chi connectivity index (χ3v) is 5.45. The molecule has 3 N–H and O–H groups in total. The Bertz CT molecular complexity index is 624. The lowest BCUT2D eigenvalue weighted by Gasteiger charge is -2.20. The smallest absolute Gasteiger partial charge is 0.238 e. The Kier molecular flexibility index (Phi) is 3.30. The maximum atomic E-state index is 12.2. The highest BCUT2D eigenvalue weighted by atomic mass is 32.2.